The monoisotopic (exact) mass is 720 g/mol. The summed E-state index contributed by atoms with van der Waals surface area (Å²) >= 11 is 1.87. The zero-order valence-corrected chi connectivity index (χ0v) is 30.9. The summed E-state index contributed by atoms with van der Waals surface area (Å²) in [4.78, 5) is 4.94. The van der Waals surface area contributed by atoms with Crippen LogP contribution in [0.1, 0.15) is 0 Å². The van der Waals surface area contributed by atoms with E-state index in [0.717, 1.165) is 39.7 Å². The summed E-state index contributed by atoms with van der Waals surface area (Å²) in [5.74, 6) is 0. The molecule has 10 rings (SSSR count). The van der Waals surface area contributed by atoms with E-state index in [4.69, 9.17) is 0 Å². The Morgan fingerprint density at radius 3 is 1.58 bits per heavy atom. The topological polar surface area (TPSA) is 6.48 Å². The molecular weight excluding hydrogens is 685 g/mol. The van der Waals surface area contributed by atoms with Crippen molar-refractivity contribution in [1.29, 1.82) is 0 Å². The molecule has 0 unspecified atom stereocenters. The van der Waals surface area contributed by atoms with Gasteiger partial charge in [0.05, 0.1) is 17.1 Å². The summed E-state index contributed by atoms with van der Waals surface area (Å²) in [5.41, 5.74) is 11.3. The van der Waals surface area contributed by atoms with Gasteiger partial charge < -0.3 is 9.80 Å². The molecule has 10 aromatic rings. The van der Waals surface area contributed by atoms with E-state index in [0.29, 0.717) is 0 Å². The summed E-state index contributed by atoms with van der Waals surface area (Å²) in [6.07, 6.45) is 0. The number of rotatable bonds is 8. The number of fused-ring (bicyclic) bond motifs is 4. The Labute approximate surface area is 325 Å². The van der Waals surface area contributed by atoms with Crippen LogP contribution in [0.5, 0.6) is 0 Å². The van der Waals surface area contributed by atoms with Gasteiger partial charge in [-0.15, -0.1) is 11.3 Å². The van der Waals surface area contributed by atoms with Crippen LogP contribution in [-0.2, 0) is 0 Å². The average molecular weight is 721 g/mol. The van der Waals surface area contributed by atoms with Crippen LogP contribution in [0.3, 0.4) is 0 Å². The maximum Gasteiger partial charge on any atom is 0.0796 e. The summed E-state index contributed by atoms with van der Waals surface area (Å²) < 4.78 is 2.52. The Morgan fingerprint density at radius 1 is 0.327 bits per heavy atom. The first-order valence-corrected chi connectivity index (χ1v) is 19.5. The van der Waals surface area contributed by atoms with Crippen molar-refractivity contribution in [3.8, 4) is 22.3 Å². The highest BCUT2D eigenvalue weighted by atomic mass is 32.1. The number of anilines is 6. The van der Waals surface area contributed by atoms with E-state index in [1.807, 2.05) is 11.3 Å². The number of nitrogens with zero attached hydrogens (tertiary/aromatic N) is 2. The second-order valence-corrected chi connectivity index (χ2v) is 14.8. The molecule has 0 spiro atoms. The lowest BCUT2D eigenvalue weighted by Crippen LogP contribution is -2.18. The van der Waals surface area contributed by atoms with Crippen LogP contribution in [0.2, 0.25) is 0 Å². The molecule has 0 aliphatic carbocycles. The fourth-order valence-electron chi connectivity index (χ4n) is 7.89. The summed E-state index contributed by atoms with van der Waals surface area (Å²) in [7, 11) is 0. The van der Waals surface area contributed by atoms with E-state index in [9.17, 15) is 0 Å². The van der Waals surface area contributed by atoms with Gasteiger partial charge in [0, 0.05) is 42.8 Å². The standard InChI is InChI=1S/C52H36N2S/c1-5-18-37(19-6-1)39-24-17-29-44(34-39)53(42-25-9-3-10-26-42)48-32-33-49-51(46-35-40-22-13-14-23-41(40)36-50(46)55-49)52(48)54(43-27-11-4-12-28-43)47-31-16-15-30-45(47)38-20-7-2-8-21-38/h1-36H. The van der Waals surface area contributed by atoms with Gasteiger partial charge in [-0.05, 0) is 94.2 Å². The third-order valence-electron chi connectivity index (χ3n) is 10.4. The van der Waals surface area contributed by atoms with Crippen molar-refractivity contribution in [3.63, 3.8) is 0 Å². The third kappa shape index (κ3) is 6.01. The van der Waals surface area contributed by atoms with Gasteiger partial charge in [0.25, 0.3) is 0 Å². The van der Waals surface area contributed by atoms with Crippen LogP contribution in [0.25, 0.3) is 53.2 Å². The fraction of sp³-hybridized carbons (Fsp3) is 0. The first-order valence-electron chi connectivity index (χ1n) is 18.7. The molecule has 0 atom stereocenters. The van der Waals surface area contributed by atoms with Gasteiger partial charge in [0.15, 0.2) is 0 Å². The Kier molecular flexibility index (Phi) is 8.40. The molecule has 0 N–H and O–H groups in total. The molecule has 9 aromatic carbocycles. The molecule has 0 aliphatic rings. The molecule has 0 saturated heterocycles. The molecule has 0 radical (unpaired) electrons. The number of para-hydroxylation sites is 3. The van der Waals surface area contributed by atoms with Crippen molar-refractivity contribution in [2.24, 2.45) is 0 Å². The Bertz CT molecular complexity index is 2920. The molecule has 0 bridgehead atoms. The molecule has 0 amide bonds. The normalized spacial score (nSPS) is 11.3. The van der Waals surface area contributed by atoms with Gasteiger partial charge in [0.1, 0.15) is 0 Å². The summed E-state index contributed by atoms with van der Waals surface area (Å²) in [5, 5.41) is 4.97. The lowest BCUT2D eigenvalue weighted by Gasteiger charge is -2.35. The van der Waals surface area contributed by atoms with Crippen molar-refractivity contribution in [2.75, 3.05) is 9.80 Å². The minimum atomic E-state index is 1.09. The van der Waals surface area contributed by atoms with Crippen LogP contribution in [0.4, 0.5) is 34.1 Å². The van der Waals surface area contributed by atoms with Crippen LogP contribution in [0, 0.1) is 0 Å². The Balaban J connectivity index is 1.35. The van der Waals surface area contributed by atoms with Gasteiger partial charge in [0.2, 0.25) is 0 Å². The summed E-state index contributed by atoms with van der Waals surface area (Å²) in [6, 6.07) is 78.9. The molecule has 2 nitrogen and oxygen atoms in total. The Morgan fingerprint density at radius 2 is 0.873 bits per heavy atom. The van der Waals surface area contributed by atoms with E-state index >= 15 is 0 Å². The number of hydrogen-bond donors (Lipinski definition) is 0. The van der Waals surface area contributed by atoms with Gasteiger partial charge in [-0.1, -0.05) is 152 Å². The zero-order valence-electron chi connectivity index (χ0n) is 30.1. The van der Waals surface area contributed by atoms with Crippen molar-refractivity contribution >= 4 is 76.4 Å². The maximum atomic E-state index is 2.50. The van der Waals surface area contributed by atoms with E-state index in [1.165, 1.54) is 47.6 Å². The minimum Gasteiger partial charge on any atom is -0.308 e. The first-order chi connectivity index (χ1) is 27.3. The zero-order chi connectivity index (χ0) is 36.6. The van der Waals surface area contributed by atoms with Crippen molar-refractivity contribution in [3.05, 3.63) is 218 Å². The van der Waals surface area contributed by atoms with Crippen molar-refractivity contribution < 1.29 is 0 Å². The fourth-order valence-corrected chi connectivity index (χ4v) is 9.03. The molecule has 1 aromatic heterocycles. The molecule has 55 heavy (non-hydrogen) atoms. The number of thiophene rings is 1. The van der Waals surface area contributed by atoms with E-state index in [-0.39, 0.29) is 0 Å². The molecule has 0 fully saturated rings. The lowest BCUT2D eigenvalue weighted by atomic mass is 9.99. The first kappa shape index (κ1) is 32.7. The van der Waals surface area contributed by atoms with E-state index in [2.05, 4.69) is 228 Å². The largest absolute Gasteiger partial charge is 0.308 e. The highest BCUT2D eigenvalue weighted by Gasteiger charge is 2.28. The maximum absolute atomic E-state index is 2.50. The highest BCUT2D eigenvalue weighted by molar-refractivity contribution is 7.26. The number of hydrogen-bond acceptors (Lipinski definition) is 3. The molecule has 0 aliphatic heterocycles. The lowest BCUT2D eigenvalue weighted by molar-refractivity contribution is 1.24. The van der Waals surface area contributed by atoms with Crippen molar-refractivity contribution in [1.82, 2.24) is 0 Å². The smallest absolute Gasteiger partial charge is 0.0796 e. The average Bonchev–Trinajstić information content (AvgIpc) is 3.62. The predicted molar refractivity (Wildman–Crippen MR) is 237 cm³/mol. The van der Waals surface area contributed by atoms with Crippen LogP contribution in [0.15, 0.2) is 218 Å². The second-order valence-electron chi connectivity index (χ2n) is 13.7. The van der Waals surface area contributed by atoms with Crippen LogP contribution in [-0.4, -0.2) is 0 Å². The van der Waals surface area contributed by atoms with Gasteiger partial charge in [-0.2, -0.15) is 0 Å². The predicted octanol–water partition coefficient (Wildman–Crippen LogP) is 15.5. The molecule has 1 heterocycles. The highest BCUT2D eigenvalue weighted by Crippen LogP contribution is 2.54. The third-order valence-corrected chi connectivity index (χ3v) is 11.5. The molecular formula is C52H36N2S. The number of benzene rings is 9. The van der Waals surface area contributed by atoms with Crippen LogP contribution < -0.4 is 9.80 Å². The molecule has 0 saturated carbocycles. The SMILES string of the molecule is c1ccc(-c2cccc(N(c3ccccc3)c3ccc4sc5cc6ccccc6cc5c4c3N(c3ccccc3)c3ccccc3-c3ccccc3)c2)cc1. The van der Waals surface area contributed by atoms with Crippen molar-refractivity contribution in [2.45, 2.75) is 0 Å². The quantitative estimate of drug-likeness (QED) is 0.154. The minimum absolute atomic E-state index is 1.09. The van der Waals surface area contributed by atoms with E-state index in [1.54, 1.807) is 0 Å². The molecule has 3 heteroatoms. The van der Waals surface area contributed by atoms with Crippen LogP contribution >= 0.6 is 11.3 Å². The molecule has 260 valence electrons. The van der Waals surface area contributed by atoms with E-state index < -0.39 is 0 Å². The summed E-state index contributed by atoms with van der Waals surface area (Å²) in [6.45, 7) is 0. The van der Waals surface area contributed by atoms with Gasteiger partial charge >= 0.3 is 0 Å². The second kappa shape index (κ2) is 14.1. The van der Waals surface area contributed by atoms with Gasteiger partial charge in [-0.3, -0.25) is 0 Å². The Hall–Kier alpha value is -6.94. The van der Waals surface area contributed by atoms with Gasteiger partial charge in [-0.25, -0.2) is 0 Å².